The number of halogens is 1. The van der Waals surface area contributed by atoms with E-state index in [1.165, 1.54) is 0 Å². The van der Waals surface area contributed by atoms with Gasteiger partial charge in [0.25, 0.3) is 0 Å². The summed E-state index contributed by atoms with van der Waals surface area (Å²) in [4.78, 5) is 14.7. The van der Waals surface area contributed by atoms with Gasteiger partial charge in [-0.15, -0.1) is 12.4 Å². The van der Waals surface area contributed by atoms with Gasteiger partial charge in [0.05, 0.1) is 11.0 Å². The number of aryl methyl sites for hydroxylation is 2. The quantitative estimate of drug-likeness (QED) is 0.897. The molecule has 0 aliphatic heterocycles. The van der Waals surface area contributed by atoms with Crippen molar-refractivity contribution in [3.63, 3.8) is 0 Å². The van der Waals surface area contributed by atoms with Crippen molar-refractivity contribution in [1.82, 2.24) is 9.55 Å². The van der Waals surface area contributed by atoms with Gasteiger partial charge in [0.15, 0.2) is 0 Å². The number of nitrogens with zero attached hydrogens (tertiary/aromatic N) is 1. The second-order valence-electron chi connectivity index (χ2n) is 5.34. The van der Waals surface area contributed by atoms with Gasteiger partial charge in [-0.3, -0.25) is 4.57 Å². The van der Waals surface area contributed by atoms with Gasteiger partial charge in [-0.25, -0.2) is 4.79 Å². The van der Waals surface area contributed by atoms with Gasteiger partial charge >= 0.3 is 5.69 Å². The molecular formula is C13H20ClN3O. The van der Waals surface area contributed by atoms with Crippen LogP contribution in [0.3, 0.4) is 0 Å². The highest BCUT2D eigenvalue weighted by Gasteiger charge is 2.13. The molecule has 1 aromatic carbocycles. The van der Waals surface area contributed by atoms with Crippen molar-refractivity contribution in [3.8, 4) is 0 Å². The average molecular weight is 270 g/mol. The summed E-state index contributed by atoms with van der Waals surface area (Å²) in [5.41, 5.74) is 8.63. The zero-order valence-corrected chi connectivity index (χ0v) is 11.8. The average Bonchev–Trinajstić information content (AvgIpc) is 2.49. The van der Waals surface area contributed by atoms with Gasteiger partial charge in [0.2, 0.25) is 0 Å². The molecule has 3 N–H and O–H groups in total. The lowest BCUT2D eigenvalue weighted by molar-refractivity contribution is 0.436. The number of H-pyrrole nitrogens is 1. The summed E-state index contributed by atoms with van der Waals surface area (Å²) in [6.45, 7) is 6.61. The van der Waals surface area contributed by atoms with Crippen LogP contribution in [0.5, 0.6) is 0 Å². The van der Waals surface area contributed by atoms with Crippen molar-refractivity contribution in [2.45, 2.75) is 39.3 Å². The first-order chi connectivity index (χ1) is 7.87. The third-order valence-corrected chi connectivity index (χ3v) is 2.91. The zero-order valence-electron chi connectivity index (χ0n) is 11.0. The van der Waals surface area contributed by atoms with Crippen LogP contribution in [0.2, 0.25) is 0 Å². The highest BCUT2D eigenvalue weighted by atomic mass is 35.5. The molecule has 1 aromatic heterocycles. The van der Waals surface area contributed by atoms with E-state index in [1.54, 1.807) is 4.57 Å². The van der Waals surface area contributed by atoms with Crippen LogP contribution in [-0.4, -0.2) is 15.1 Å². The molecule has 0 unspecified atom stereocenters. The Balaban J connectivity index is 0.00000162. The van der Waals surface area contributed by atoms with Crippen molar-refractivity contribution in [3.05, 3.63) is 34.2 Å². The Morgan fingerprint density at radius 3 is 2.67 bits per heavy atom. The molecule has 0 spiro atoms. The van der Waals surface area contributed by atoms with Crippen LogP contribution in [0.1, 0.15) is 25.8 Å². The summed E-state index contributed by atoms with van der Waals surface area (Å²) in [7, 11) is 0. The summed E-state index contributed by atoms with van der Waals surface area (Å²) in [6, 6.07) is 5.96. The molecule has 1 heterocycles. The fourth-order valence-electron chi connectivity index (χ4n) is 1.88. The number of aromatic amines is 1. The first kappa shape index (κ1) is 14.8. The Bertz CT molecular complexity index is 592. The molecule has 0 bridgehead atoms. The number of benzene rings is 1. The van der Waals surface area contributed by atoms with Gasteiger partial charge in [-0.05, 0) is 44.9 Å². The molecule has 0 atom stereocenters. The summed E-state index contributed by atoms with van der Waals surface area (Å²) in [6.07, 6.45) is 0.772. The standard InChI is InChI=1S/C13H19N3O.ClH/c1-9-4-5-10-11(8-9)16(12(17)15-10)7-6-13(2,3)14;/h4-5,8H,6-7,14H2,1-3H3,(H,15,17);1H. The minimum absolute atomic E-state index is 0. The second-order valence-corrected chi connectivity index (χ2v) is 5.34. The summed E-state index contributed by atoms with van der Waals surface area (Å²) >= 11 is 0. The summed E-state index contributed by atoms with van der Waals surface area (Å²) < 4.78 is 1.76. The fourth-order valence-corrected chi connectivity index (χ4v) is 1.88. The van der Waals surface area contributed by atoms with Crippen LogP contribution in [0, 0.1) is 6.92 Å². The topological polar surface area (TPSA) is 63.8 Å². The predicted molar refractivity (Wildman–Crippen MR) is 77.4 cm³/mol. The molecule has 2 aromatic rings. The van der Waals surface area contributed by atoms with Crippen LogP contribution < -0.4 is 11.4 Å². The first-order valence-electron chi connectivity index (χ1n) is 5.85. The number of aromatic nitrogens is 2. The van der Waals surface area contributed by atoms with E-state index in [2.05, 4.69) is 4.98 Å². The second kappa shape index (κ2) is 5.16. The molecule has 0 saturated heterocycles. The van der Waals surface area contributed by atoms with Crippen LogP contribution in [0.4, 0.5) is 0 Å². The Morgan fingerprint density at radius 1 is 1.39 bits per heavy atom. The molecular weight excluding hydrogens is 250 g/mol. The molecule has 0 amide bonds. The molecule has 0 aliphatic rings. The third-order valence-electron chi connectivity index (χ3n) is 2.91. The maximum atomic E-state index is 11.8. The van der Waals surface area contributed by atoms with Gasteiger partial charge in [0.1, 0.15) is 0 Å². The van der Waals surface area contributed by atoms with E-state index in [1.807, 2.05) is 39.0 Å². The monoisotopic (exact) mass is 269 g/mol. The molecule has 2 rings (SSSR count). The van der Waals surface area contributed by atoms with Crippen molar-refractivity contribution in [2.24, 2.45) is 5.73 Å². The molecule has 4 nitrogen and oxygen atoms in total. The molecule has 18 heavy (non-hydrogen) atoms. The predicted octanol–water partition coefficient (Wildman–Crippen LogP) is 2.19. The lowest BCUT2D eigenvalue weighted by Crippen LogP contribution is -2.34. The van der Waals surface area contributed by atoms with E-state index in [0.717, 1.165) is 23.0 Å². The van der Waals surface area contributed by atoms with Gasteiger partial charge in [-0.2, -0.15) is 0 Å². The number of fused-ring (bicyclic) bond motifs is 1. The number of rotatable bonds is 3. The van der Waals surface area contributed by atoms with E-state index >= 15 is 0 Å². The van der Waals surface area contributed by atoms with E-state index in [-0.39, 0.29) is 23.6 Å². The van der Waals surface area contributed by atoms with Crippen molar-refractivity contribution < 1.29 is 0 Å². The van der Waals surface area contributed by atoms with Crippen LogP contribution in [0.25, 0.3) is 11.0 Å². The highest BCUT2D eigenvalue weighted by molar-refractivity contribution is 5.85. The molecule has 0 radical (unpaired) electrons. The largest absolute Gasteiger partial charge is 0.326 e. The lowest BCUT2D eigenvalue weighted by atomic mass is 10.0. The first-order valence-corrected chi connectivity index (χ1v) is 5.85. The number of hydrogen-bond donors (Lipinski definition) is 2. The Hall–Kier alpha value is -1.26. The van der Waals surface area contributed by atoms with E-state index < -0.39 is 0 Å². The van der Waals surface area contributed by atoms with E-state index in [9.17, 15) is 4.79 Å². The van der Waals surface area contributed by atoms with E-state index in [0.29, 0.717) is 6.54 Å². The van der Waals surface area contributed by atoms with Crippen molar-refractivity contribution >= 4 is 23.4 Å². The summed E-state index contributed by atoms with van der Waals surface area (Å²) in [5.74, 6) is 0. The number of imidazole rings is 1. The van der Waals surface area contributed by atoms with Crippen LogP contribution in [-0.2, 0) is 6.54 Å². The van der Waals surface area contributed by atoms with Gasteiger partial charge in [-0.1, -0.05) is 6.07 Å². The number of nitrogens with one attached hydrogen (secondary N) is 1. The minimum Gasteiger partial charge on any atom is -0.325 e. The van der Waals surface area contributed by atoms with Crippen molar-refractivity contribution in [2.75, 3.05) is 0 Å². The maximum Gasteiger partial charge on any atom is 0.326 e. The Kier molecular flexibility index (Phi) is 4.24. The van der Waals surface area contributed by atoms with Crippen molar-refractivity contribution in [1.29, 1.82) is 0 Å². The SMILES string of the molecule is Cc1ccc2[nH]c(=O)n(CCC(C)(C)N)c2c1.Cl. The summed E-state index contributed by atoms with van der Waals surface area (Å²) in [5, 5.41) is 0. The molecule has 0 aliphatic carbocycles. The highest BCUT2D eigenvalue weighted by Crippen LogP contribution is 2.14. The fraction of sp³-hybridized carbons (Fsp3) is 0.462. The Morgan fingerprint density at radius 2 is 2.06 bits per heavy atom. The molecule has 100 valence electrons. The maximum absolute atomic E-state index is 11.8. The normalized spacial score (nSPS) is 11.6. The van der Waals surface area contributed by atoms with Crippen LogP contribution >= 0.6 is 12.4 Å². The molecule has 0 saturated carbocycles. The number of nitrogens with two attached hydrogens (primary N) is 1. The van der Waals surface area contributed by atoms with E-state index in [4.69, 9.17) is 5.73 Å². The molecule has 0 fully saturated rings. The van der Waals surface area contributed by atoms with Crippen LogP contribution in [0.15, 0.2) is 23.0 Å². The van der Waals surface area contributed by atoms with Gasteiger partial charge in [0, 0.05) is 12.1 Å². The number of hydrogen-bond acceptors (Lipinski definition) is 2. The smallest absolute Gasteiger partial charge is 0.325 e. The lowest BCUT2D eigenvalue weighted by Gasteiger charge is -2.18. The Labute approximate surface area is 113 Å². The minimum atomic E-state index is -0.257. The zero-order chi connectivity index (χ0) is 12.6. The van der Waals surface area contributed by atoms with Gasteiger partial charge < -0.3 is 10.7 Å². The third kappa shape index (κ3) is 3.15. The molecule has 5 heteroatoms.